The summed E-state index contributed by atoms with van der Waals surface area (Å²) in [5.74, 6) is 0.984. The molecule has 0 fully saturated rings. The lowest BCUT2D eigenvalue weighted by Gasteiger charge is -2.07. The minimum atomic E-state index is -3.08. The van der Waals surface area contributed by atoms with Gasteiger partial charge in [0.05, 0.1) is 12.9 Å². The normalized spacial score (nSPS) is 14.3. The Balaban J connectivity index is 1.74. The Bertz CT molecular complexity index is 514. The van der Waals surface area contributed by atoms with Crippen LogP contribution in [0.15, 0.2) is 18.2 Å². The summed E-state index contributed by atoms with van der Waals surface area (Å²) in [5.41, 5.74) is 2.45. The van der Waals surface area contributed by atoms with E-state index in [1.165, 1.54) is 11.1 Å². The molecule has 100 valence electrons. The van der Waals surface area contributed by atoms with E-state index in [-0.39, 0.29) is 0 Å². The summed E-state index contributed by atoms with van der Waals surface area (Å²) in [5, 5.41) is 3.20. The highest BCUT2D eigenvalue weighted by molar-refractivity contribution is 7.88. The number of hydrogen-bond donors (Lipinski definition) is 2. The number of ether oxygens (including phenoxy) is 1. The molecule has 5 nitrogen and oxygen atoms in total. The third-order valence-electron chi connectivity index (χ3n) is 2.75. The van der Waals surface area contributed by atoms with Crippen molar-refractivity contribution < 1.29 is 13.2 Å². The molecule has 2 rings (SSSR count). The van der Waals surface area contributed by atoms with Crippen LogP contribution < -0.4 is 14.8 Å². The first kappa shape index (κ1) is 13.3. The molecule has 0 atom stereocenters. The van der Waals surface area contributed by atoms with Gasteiger partial charge in [-0.2, -0.15) is 0 Å². The molecule has 1 heterocycles. The molecular weight excluding hydrogens is 252 g/mol. The van der Waals surface area contributed by atoms with Gasteiger partial charge in [0, 0.05) is 26.1 Å². The van der Waals surface area contributed by atoms with Crippen molar-refractivity contribution in [3.8, 4) is 5.75 Å². The molecule has 0 amide bonds. The largest absolute Gasteiger partial charge is 0.493 e. The molecule has 6 heteroatoms. The van der Waals surface area contributed by atoms with Crippen molar-refractivity contribution >= 4 is 10.0 Å². The third kappa shape index (κ3) is 3.97. The van der Waals surface area contributed by atoms with Crippen LogP contribution in [0.3, 0.4) is 0 Å². The van der Waals surface area contributed by atoms with Gasteiger partial charge in [-0.25, -0.2) is 13.1 Å². The Kier molecular flexibility index (Phi) is 4.21. The van der Waals surface area contributed by atoms with E-state index in [2.05, 4.69) is 16.1 Å². The summed E-state index contributed by atoms with van der Waals surface area (Å²) in [4.78, 5) is 0. The molecule has 0 saturated carbocycles. The second kappa shape index (κ2) is 5.69. The van der Waals surface area contributed by atoms with Gasteiger partial charge in [0.2, 0.25) is 10.0 Å². The van der Waals surface area contributed by atoms with E-state index in [0.29, 0.717) is 13.1 Å². The van der Waals surface area contributed by atoms with Gasteiger partial charge >= 0.3 is 0 Å². The van der Waals surface area contributed by atoms with Crippen LogP contribution in [0.1, 0.15) is 11.1 Å². The van der Waals surface area contributed by atoms with Crippen LogP contribution in [0.2, 0.25) is 0 Å². The van der Waals surface area contributed by atoms with E-state index in [4.69, 9.17) is 4.74 Å². The molecule has 0 aromatic heterocycles. The third-order valence-corrected chi connectivity index (χ3v) is 3.48. The highest BCUT2D eigenvalue weighted by atomic mass is 32.2. The molecule has 0 unspecified atom stereocenters. The minimum Gasteiger partial charge on any atom is -0.493 e. The van der Waals surface area contributed by atoms with Gasteiger partial charge < -0.3 is 10.1 Å². The first-order chi connectivity index (χ1) is 8.54. The molecule has 2 N–H and O–H groups in total. The maximum absolute atomic E-state index is 10.8. The van der Waals surface area contributed by atoms with Crippen molar-refractivity contribution in [1.82, 2.24) is 10.0 Å². The monoisotopic (exact) mass is 270 g/mol. The molecule has 1 aromatic carbocycles. The predicted molar refractivity (Wildman–Crippen MR) is 70.2 cm³/mol. The van der Waals surface area contributed by atoms with Gasteiger partial charge in [-0.3, -0.25) is 0 Å². The molecule has 0 radical (unpaired) electrons. The Morgan fingerprint density at radius 2 is 2.17 bits per heavy atom. The molecule has 0 spiro atoms. The zero-order chi connectivity index (χ0) is 13.0. The van der Waals surface area contributed by atoms with E-state index in [0.717, 1.165) is 31.6 Å². The van der Waals surface area contributed by atoms with Crippen LogP contribution in [-0.2, 0) is 23.0 Å². The molecule has 0 saturated heterocycles. The maximum Gasteiger partial charge on any atom is 0.208 e. The Labute approximate surface area is 108 Å². The lowest BCUT2D eigenvalue weighted by molar-refractivity contribution is 0.357. The molecule has 1 aliphatic rings. The lowest BCUT2D eigenvalue weighted by atomic mass is 10.1. The first-order valence-corrected chi connectivity index (χ1v) is 7.84. The van der Waals surface area contributed by atoms with Crippen LogP contribution in [-0.4, -0.2) is 34.4 Å². The smallest absolute Gasteiger partial charge is 0.208 e. The molecule has 0 aliphatic carbocycles. The lowest BCUT2D eigenvalue weighted by Crippen LogP contribution is -2.30. The number of hydrogen-bond acceptors (Lipinski definition) is 4. The van der Waals surface area contributed by atoms with E-state index < -0.39 is 10.0 Å². The fourth-order valence-corrected chi connectivity index (χ4v) is 2.38. The second-order valence-corrected chi connectivity index (χ2v) is 6.22. The van der Waals surface area contributed by atoms with Gasteiger partial charge in [0.15, 0.2) is 0 Å². The van der Waals surface area contributed by atoms with Gasteiger partial charge in [-0.15, -0.1) is 0 Å². The van der Waals surface area contributed by atoms with E-state index in [1.807, 2.05) is 12.1 Å². The average molecular weight is 270 g/mol. The Morgan fingerprint density at radius 3 is 2.94 bits per heavy atom. The summed E-state index contributed by atoms with van der Waals surface area (Å²) >= 11 is 0. The highest BCUT2D eigenvalue weighted by Gasteiger charge is 2.11. The Hall–Kier alpha value is -1.11. The van der Waals surface area contributed by atoms with Crippen LogP contribution in [0, 0.1) is 0 Å². The van der Waals surface area contributed by atoms with Crippen LogP contribution in [0.5, 0.6) is 5.75 Å². The molecular formula is C12H18N2O3S. The summed E-state index contributed by atoms with van der Waals surface area (Å²) < 4.78 is 29.6. The summed E-state index contributed by atoms with van der Waals surface area (Å²) in [6.45, 7) is 2.52. The van der Waals surface area contributed by atoms with E-state index in [9.17, 15) is 8.42 Å². The van der Waals surface area contributed by atoms with E-state index in [1.54, 1.807) is 0 Å². The zero-order valence-electron chi connectivity index (χ0n) is 10.4. The summed E-state index contributed by atoms with van der Waals surface area (Å²) in [7, 11) is -3.08. The maximum atomic E-state index is 10.8. The van der Waals surface area contributed by atoms with Gasteiger partial charge in [-0.05, 0) is 17.2 Å². The number of nitrogens with one attached hydrogen (secondary N) is 2. The van der Waals surface area contributed by atoms with Gasteiger partial charge in [-0.1, -0.05) is 12.1 Å². The topological polar surface area (TPSA) is 67.4 Å². The highest BCUT2D eigenvalue weighted by Crippen LogP contribution is 2.25. The molecule has 18 heavy (non-hydrogen) atoms. The summed E-state index contributed by atoms with van der Waals surface area (Å²) in [6.07, 6.45) is 2.13. The number of fused-ring (bicyclic) bond motifs is 1. The van der Waals surface area contributed by atoms with Crippen molar-refractivity contribution in [2.24, 2.45) is 0 Å². The van der Waals surface area contributed by atoms with Crippen LogP contribution in [0.4, 0.5) is 0 Å². The fourth-order valence-electron chi connectivity index (χ4n) is 1.91. The standard InChI is InChI=1S/C12H18N2O3S/c1-18(15,16)14-6-5-13-9-10-2-3-12-11(8-10)4-7-17-12/h2-3,8,13-14H,4-7,9H2,1H3. The molecule has 1 aromatic rings. The van der Waals surface area contributed by atoms with Crippen molar-refractivity contribution in [3.05, 3.63) is 29.3 Å². The second-order valence-electron chi connectivity index (χ2n) is 4.38. The summed E-state index contributed by atoms with van der Waals surface area (Å²) in [6, 6.07) is 6.16. The van der Waals surface area contributed by atoms with Crippen molar-refractivity contribution in [1.29, 1.82) is 0 Å². The van der Waals surface area contributed by atoms with Crippen molar-refractivity contribution in [2.45, 2.75) is 13.0 Å². The van der Waals surface area contributed by atoms with Crippen molar-refractivity contribution in [3.63, 3.8) is 0 Å². The first-order valence-electron chi connectivity index (χ1n) is 5.94. The Morgan fingerprint density at radius 1 is 1.33 bits per heavy atom. The fraction of sp³-hybridized carbons (Fsp3) is 0.500. The number of rotatable bonds is 6. The van der Waals surface area contributed by atoms with Gasteiger partial charge in [0.1, 0.15) is 5.75 Å². The number of sulfonamides is 1. The van der Waals surface area contributed by atoms with Crippen LogP contribution in [0.25, 0.3) is 0 Å². The predicted octanol–water partition coefficient (Wildman–Crippen LogP) is 0.260. The average Bonchev–Trinajstić information content (AvgIpc) is 2.74. The zero-order valence-corrected chi connectivity index (χ0v) is 11.2. The number of benzene rings is 1. The molecule has 0 bridgehead atoms. The van der Waals surface area contributed by atoms with Crippen molar-refractivity contribution in [2.75, 3.05) is 26.0 Å². The van der Waals surface area contributed by atoms with Gasteiger partial charge in [0.25, 0.3) is 0 Å². The quantitative estimate of drug-likeness (QED) is 0.728. The molecule has 1 aliphatic heterocycles. The minimum absolute atomic E-state index is 0.410. The SMILES string of the molecule is CS(=O)(=O)NCCNCc1ccc2c(c1)CCO2. The van der Waals surface area contributed by atoms with E-state index >= 15 is 0 Å². The van der Waals surface area contributed by atoms with Crippen LogP contribution >= 0.6 is 0 Å².